The van der Waals surface area contributed by atoms with E-state index < -0.39 is 29.6 Å². The SMILES string of the molecule is CCC(C)[C@H](NC(=O)Cc1ccc(F)cc1F)C(=O)O. The normalized spacial score (nSPS) is 13.6. The Labute approximate surface area is 115 Å². The van der Waals surface area contributed by atoms with Crippen molar-refractivity contribution in [2.45, 2.75) is 32.7 Å². The van der Waals surface area contributed by atoms with Crippen molar-refractivity contribution in [1.29, 1.82) is 0 Å². The van der Waals surface area contributed by atoms with Crippen molar-refractivity contribution in [1.82, 2.24) is 5.32 Å². The molecule has 0 saturated carbocycles. The van der Waals surface area contributed by atoms with E-state index in [1.807, 2.05) is 6.92 Å². The van der Waals surface area contributed by atoms with Gasteiger partial charge in [0.2, 0.25) is 5.91 Å². The van der Waals surface area contributed by atoms with Gasteiger partial charge in [0.1, 0.15) is 17.7 Å². The number of hydrogen-bond acceptors (Lipinski definition) is 2. The van der Waals surface area contributed by atoms with Gasteiger partial charge >= 0.3 is 5.97 Å². The Morgan fingerprint density at radius 1 is 1.35 bits per heavy atom. The van der Waals surface area contributed by atoms with Crippen molar-refractivity contribution < 1.29 is 23.5 Å². The molecule has 20 heavy (non-hydrogen) atoms. The fourth-order valence-electron chi connectivity index (χ4n) is 1.75. The summed E-state index contributed by atoms with van der Waals surface area (Å²) in [4.78, 5) is 22.8. The number of carbonyl (C=O) groups excluding carboxylic acids is 1. The summed E-state index contributed by atoms with van der Waals surface area (Å²) in [5, 5.41) is 11.4. The van der Waals surface area contributed by atoms with Gasteiger partial charge in [-0.15, -0.1) is 0 Å². The van der Waals surface area contributed by atoms with Crippen LogP contribution in [0.25, 0.3) is 0 Å². The topological polar surface area (TPSA) is 66.4 Å². The van der Waals surface area contributed by atoms with Crippen LogP contribution in [0.2, 0.25) is 0 Å². The predicted octanol–water partition coefficient (Wildman–Crippen LogP) is 2.12. The third-order valence-electron chi connectivity index (χ3n) is 3.16. The number of carboxylic acids is 1. The summed E-state index contributed by atoms with van der Waals surface area (Å²) < 4.78 is 26.1. The van der Waals surface area contributed by atoms with Crippen LogP contribution in [-0.2, 0) is 16.0 Å². The predicted molar refractivity (Wildman–Crippen MR) is 69.1 cm³/mol. The summed E-state index contributed by atoms with van der Waals surface area (Å²) in [6.07, 6.45) is 0.258. The van der Waals surface area contributed by atoms with Gasteiger partial charge in [-0.1, -0.05) is 26.3 Å². The molecule has 2 N–H and O–H groups in total. The molecule has 0 spiro atoms. The van der Waals surface area contributed by atoms with Crippen LogP contribution in [0.5, 0.6) is 0 Å². The summed E-state index contributed by atoms with van der Waals surface area (Å²) in [6.45, 7) is 3.52. The van der Waals surface area contributed by atoms with Gasteiger partial charge in [0.25, 0.3) is 0 Å². The smallest absolute Gasteiger partial charge is 0.326 e. The molecule has 0 aromatic heterocycles. The lowest BCUT2D eigenvalue weighted by Gasteiger charge is -2.20. The van der Waals surface area contributed by atoms with Crippen molar-refractivity contribution in [3.63, 3.8) is 0 Å². The first-order valence-corrected chi connectivity index (χ1v) is 6.31. The molecule has 0 heterocycles. The molecule has 2 atom stereocenters. The molecule has 1 aromatic rings. The molecule has 1 rings (SSSR count). The fraction of sp³-hybridized carbons (Fsp3) is 0.429. The highest BCUT2D eigenvalue weighted by Gasteiger charge is 2.25. The molecule has 0 fully saturated rings. The first-order chi connectivity index (χ1) is 9.35. The fourth-order valence-corrected chi connectivity index (χ4v) is 1.75. The molecule has 1 aromatic carbocycles. The molecule has 1 unspecified atom stereocenters. The third kappa shape index (κ3) is 4.29. The van der Waals surface area contributed by atoms with Gasteiger partial charge in [-0.3, -0.25) is 4.79 Å². The standard InChI is InChI=1S/C14H17F2NO3/c1-3-8(2)13(14(19)20)17-12(18)6-9-4-5-10(15)7-11(9)16/h4-5,7-8,13H,3,6H2,1-2H3,(H,17,18)(H,19,20)/t8?,13-/m0/s1. The van der Waals surface area contributed by atoms with E-state index in [4.69, 9.17) is 5.11 Å². The quantitative estimate of drug-likeness (QED) is 0.841. The van der Waals surface area contributed by atoms with Gasteiger partial charge in [0.05, 0.1) is 6.42 Å². The Morgan fingerprint density at radius 2 is 2.00 bits per heavy atom. The number of hydrogen-bond donors (Lipinski definition) is 2. The van der Waals surface area contributed by atoms with E-state index in [-0.39, 0.29) is 17.9 Å². The number of nitrogens with one attached hydrogen (secondary N) is 1. The first-order valence-electron chi connectivity index (χ1n) is 6.31. The molecule has 0 radical (unpaired) electrons. The van der Waals surface area contributed by atoms with E-state index in [1.165, 1.54) is 6.07 Å². The number of aliphatic carboxylic acids is 1. The van der Waals surface area contributed by atoms with Gasteiger partial charge in [0.15, 0.2) is 0 Å². The number of halogens is 2. The maximum atomic E-state index is 13.4. The molecular formula is C14H17F2NO3. The van der Waals surface area contributed by atoms with Crippen molar-refractivity contribution in [2.75, 3.05) is 0 Å². The molecule has 0 bridgehead atoms. The van der Waals surface area contributed by atoms with Gasteiger partial charge in [-0.25, -0.2) is 13.6 Å². The zero-order chi connectivity index (χ0) is 15.3. The Kier molecular flexibility index (Phi) is 5.61. The first kappa shape index (κ1) is 16.1. The van der Waals surface area contributed by atoms with Crippen LogP contribution in [0.1, 0.15) is 25.8 Å². The summed E-state index contributed by atoms with van der Waals surface area (Å²) in [5.74, 6) is -3.53. The van der Waals surface area contributed by atoms with E-state index in [1.54, 1.807) is 6.92 Å². The summed E-state index contributed by atoms with van der Waals surface area (Å²) in [6, 6.07) is 1.89. The highest BCUT2D eigenvalue weighted by atomic mass is 19.1. The van der Waals surface area contributed by atoms with Gasteiger partial charge in [-0.2, -0.15) is 0 Å². The molecule has 6 heteroatoms. The molecular weight excluding hydrogens is 268 g/mol. The van der Waals surface area contributed by atoms with Crippen LogP contribution in [0.3, 0.4) is 0 Å². The van der Waals surface area contributed by atoms with E-state index in [0.717, 1.165) is 6.07 Å². The van der Waals surface area contributed by atoms with E-state index in [9.17, 15) is 18.4 Å². The van der Waals surface area contributed by atoms with Gasteiger partial charge < -0.3 is 10.4 Å². The second-order valence-corrected chi connectivity index (χ2v) is 4.68. The number of carbonyl (C=O) groups is 2. The van der Waals surface area contributed by atoms with Crippen LogP contribution in [0.15, 0.2) is 18.2 Å². The van der Waals surface area contributed by atoms with Crippen molar-refractivity contribution in [3.05, 3.63) is 35.4 Å². The van der Waals surface area contributed by atoms with E-state index in [0.29, 0.717) is 12.5 Å². The van der Waals surface area contributed by atoms with Crippen molar-refractivity contribution >= 4 is 11.9 Å². The minimum absolute atomic E-state index is 0.0252. The maximum Gasteiger partial charge on any atom is 0.326 e. The summed E-state index contributed by atoms with van der Waals surface area (Å²) in [5.41, 5.74) is 0.0252. The van der Waals surface area contributed by atoms with Gasteiger partial charge in [0, 0.05) is 6.07 Å². The zero-order valence-corrected chi connectivity index (χ0v) is 11.3. The van der Waals surface area contributed by atoms with Crippen molar-refractivity contribution in [3.8, 4) is 0 Å². The van der Waals surface area contributed by atoms with Crippen LogP contribution in [0, 0.1) is 17.6 Å². The average molecular weight is 285 g/mol. The highest BCUT2D eigenvalue weighted by molar-refractivity contribution is 5.85. The van der Waals surface area contributed by atoms with Crippen LogP contribution < -0.4 is 5.32 Å². The molecule has 0 aliphatic carbocycles. The van der Waals surface area contributed by atoms with E-state index in [2.05, 4.69) is 5.32 Å². The molecule has 0 aliphatic rings. The molecule has 0 saturated heterocycles. The second kappa shape index (κ2) is 6.98. The number of benzene rings is 1. The number of amides is 1. The largest absolute Gasteiger partial charge is 0.480 e. The van der Waals surface area contributed by atoms with Crippen molar-refractivity contribution in [2.24, 2.45) is 5.92 Å². The van der Waals surface area contributed by atoms with Gasteiger partial charge in [-0.05, 0) is 17.5 Å². The molecule has 110 valence electrons. The minimum Gasteiger partial charge on any atom is -0.480 e. The third-order valence-corrected chi connectivity index (χ3v) is 3.16. The number of carboxylic acid groups (broad SMARTS) is 1. The maximum absolute atomic E-state index is 13.4. The Hall–Kier alpha value is -1.98. The lowest BCUT2D eigenvalue weighted by atomic mass is 9.99. The highest BCUT2D eigenvalue weighted by Crippen LogP contribution is 2.12. The second-order valence-electron chi connectivity index (χ2n) is 4.68. The van der Waals surface area contributed by atoms with Crippen LogP contribution >= 0.6 is 0 Å². The lowest BCUT2D eigenvalue weighted by Crippen LogP contribution is -2.45. The summed E-state index contributed by atoms with van der Waals surface area (Å²) in [7, 11) is 0. The zero-order valence-electron chi connectivity index (χ0n) is 11.3. The average Bonchev–Trinajstić information content (AvgIpc) is 2.38. The molecule has 4 nitrogen and oxygen atoms in total. The van der Waals surface area contributed by atoms with Crippen LogP contribution in [-0.4, -0.2) is 23.0 Å². The monoisotopic (exact) mass is 285 g/mol. The van der Waals surface area contributed by atoms with Crippen LogP contribution in [0.4, 0.5) is 8.78 Å². The summed E-state index contributed by atoms with van der Waals surface area (Å²) >= 11 is 0. The Bertz CT molecular complexity index is 505. The minimum atomic E-state index is -1.13. The Balaban J connectivity index is 2.73. The molecule has 0 aliphatic heterocycles. The van der Waals surface area contributed by atoms with E-state index >= 15 is 0 Å². The number of rotatable bonds is 6. The lowest BCUT2D eigenvalue weighted by molar-refractivity contribution is -0.143. The Morgan fingerprint density at radius 3 is 2.50 bits per heavy atom. The molecule has 1 amide bonds.